The molecule has 0 heterocycles. The van der Waals surface area contributed by atoms with Gasteiger partial charge in [-0.25, -0.2) is 4.79 Å². The van der Waals surface area contributed by atoms with Crippen LogP contribution in [0.25, 0.3) is 0 Å². The molecule has 20 heavy (non-hydrogen) atoms. The second-order valence-corrected chi connectivity index (χ2v) is 6.30. The van der Waals surface area contributed by atoms with Crippen LogP contribution in [0.3, 0.4) is 0 Å². The average Bonchev–Trinajstić information content (AvgIpc) is 2.39. The summed E-state index contributed by atoms with van der Waals surface area (Å²) in [5, 5.41) is 15.7. The molecule has 2 atom stereocenters. The van der Waals surface area contributed by atoms with Crippen molar-refractivity contribution in [3.63, 3.8) is 0 Å². The van der Waals surface area contributed by atoms with Gasteiger partial charge in [0, 0.05) is 25.1 Å². The van der Waals surface area contributed by atoms with Crippen LogP contribution < -0.4 is 10.6 Å². The number of ether oxygens (including phenoxy) is 1. The smallest absolute Gasteiger partial charge is 0.314 e. The molecule has 0 spiro atoms. The van der Waals surface area contributed by atoms with E-state index in [0.29, 0.717) is 19.7 Å². The Morgan fingerprint density at radius 1 is 1.40 bits per heavy atom. The third-order valence-corrected chi connectivity index (χ3v) is 3.99. The van der Waals surface area contributed by atoms with E-state index in [0.717, 1.165) is 32.1 Å². The fourth-order valence-electron chi connectivity index (χ4n) is 2.53. The Kier molecular flexibility index (Phi) is 7.30. The highest BCUT2D eigenvalue weighted by Crippen LogP contribution is 2.35. The summed E-state index contributed by atoms with van der Waals surface area (Å²) in [6, 6.07) is -0.159. The Morgan fingerprint density at radius 3 is 2.80 bits per heavy atom. The van der Waals surface area contributed by atoms with Gasteiger partial charge in [-0.3, -0.25) is 0 Å². The van der Waals surface area contributed by atoms with Gasteiger partial charge >= 0.3 is 6.03 Å². The predicted molar refractivity (Wildman–Crippen MR) is 79.7 cm³/mol. The molecule has 1 aliphatic rings. The van der Waals surface area contributed by atoms with Gasteiger partial charge in [0.15, 0.2) is 0 Å². The van der Waals surface area contributed by atoms with Crippen LogP contribution in [0.2, 0.25) is 0 Å². The number of hydrogen-bond donors (Lipinski definition) is 3. The standard InChI is InChI=1S/C15H30N2O3/c1-12(2)20-10-6-9-16-14(19)17-11-15(3)8-5-4-7-13(15)18/h12-13,18H,4-11H2,1-3H3,(H2,16,17,19). The molecule has 0 aromatic carbocycles. The van der Waals surface area contributed by atoms with Crippen molar-refractivity contribution in [2.75, 3.05) is 19.7 Å². The Morgan fingerprint density at radius 2 is 2.15 bits per heavy atom. The van der Waals surface area contributed by atoms with Crippen LogP contribution in [0.5, 0.6) is 0 Å². The van der Waals surface area contributed by atoms with E-state index in [4.69, 9.17) is 4.74 Å². The summed E-state index contributed by atoms with van der Waals surface area (Å²) in [5.74, 6) is 0. The maximum absolute atomic E-state index is 11.7. The molecule has 0 bridgehead atoms. The van der Waals surface area contributed by atoms with Crippen LogP contribution in [0.1, 0.15) is 52.9 Å². The quantitative estimate of drug-likeness (QED) is 0.627. The topological polar surface area (TPSA) is 70.6 Å². The third-order valence-electron chi connectivity index (χ3n) is 3.99. The minimum absolute atomic E-state index is 0.159. The van der Waals surface area contributed by atoms with Crippen molar-refractivity contribution >= 4 is 6.03 Å². The molecule has 1 rings (SSSR count). The molecular formula is C15H30N2O3. The zero-order chi connectivity index (χ0) is 15.0. The summed E-state index contributed by atoms with van der Waals surface area (Å²) >= 11 is 0. The largest absolute Gasteiger partial charge is 0.392 e. The SMILES string of the molecule is CC(C)OCCCNC(=O)NCC1(C)CCCCC1O. The molecule has 2 amide bonds. The van der Waals surface area contributed by atoms with E-state index >= 15 is 0 Å². The minimum atomic E-state index is -0.309. The molecule has 5 heteroatoms. The molecule has 3 N–H and O–H groups in total. The molecule has 1 fully saturated rings. The second-order valence-electron chi connectivity index (χ2n) is 6.30. The normalized spacial score (nSPS) is 26.6. The summed E-state index contributed by atoms with van der Waals surface area (Å²) in [4.78, 5) is 11.7. The first-order valence-corrected chi connectivity index (χ1v) is 7.75. The number of carbonyl (C=O) groups is 1. The summed E-state index contributed by atoms with van der Waals surface area (Å²) in [5.41, 5.74) is -0.184. The van der Waals surface area contributed by atoms with Crippen molar-refractivity contribution in [3.05, 3.63) is 0 Å². The minimum Gasteiger partial charge on any atom is -0.392 e. The van der Waals surface area contributed by atoms with Crippen LogP contribution >= 0.6 is 0 Å². The number of aliphatic hydroxyl groups is 1. The van der Waals surface area contributed by atoms with E-state index in [1.54, 1.807) is 0 Å². The van der Waals surface area contributed by atoms with Crippen molar-refractivity contribution < 1.29 is 14.6 Å². The van der Waals surface area contributed by atoms with Gasteiger partial charge in [0.25, 0.3) is 0 Å². The van der Waals surface area contributed by atoms with Crippen LogP contribution in [0.4, 0.5) is 4.79 Å². The fraction of sp³-hybridized carbons (Fsp3) is 0.933. The van der Waals surface area contributed by atoms with Crippen LogP contribution in [0, 0.1) is 5.41 Å². The maximum Gasteiger partial charge on any atom is 0.314 e. The molecule has 0 aliphatic heterocycles. The van der Waals surface area contributed by atoms with Crippen molar-refractivity contribution in [1.29, 1.82) is 0 Å². The monoisotopic (exact) mass is 286 g/mol. The molecule has 0 radical (unpaired) electrons. The molecule has 118 valence electrons. The first kappa shape index (κ1) is 17.2. The zero-order valence-electron chi connectivity index (χ0n) is 13.1. The molecule has 1 saturated carbocycles. The highest BCUT2D eigenvalue weighted by Gasteiger charge is 2.35. The van der Waals surface area contributed by atoms with E-state index in [9.17, 15) is 9.90 Å². The van der Waals surface area contributed by atoms with Gasteiger partial charge < -0.3 is 20.5 Å². The summed E-state index contributed by atoms with van der Waals surface area (Å²) in [6.45, 7) is 7.84. The van der Waals surface area contributed by atoms with Crippen LogP contribution in [0.15, 0.2) is 0 Å². The maximum atomic E-state index is 11.7. The number of amides is 2. The first-order chi connectivity index (χ1) is 9.44. The molecule has 0 aromatic heterocycles. The number of hydrogen-bond acceptors (Lipinski definition) is 3. The molecule has 2 unspecified atom stereocenters. The van der Waals surface area contributed by atoms with E-state index in [1.807, 2.05) is 20.8 Å². The second kappa shape index (κ2) is 8.47. The van der Waals surface area contributed by atoms with E-state index in [2.05, 4.69) is 10.6 Å². The van der Waals surface area contributed by atoms with Crippen LogP contribution in [-0.2, 0) is 4.74 Å². The van der Waals surface area contributed by atoms with E-state index in [1.165, 1.54) is 0 Å². The van der Waals surface area contributed by atoms with Crippen molar-refractivity contribution in [3.8, 4) is 0 Å². The van der Waals surface area contributed by atoms with Gasteiger partial charge in [-0.15, -0.1) is 0 Å². The molecule has 0 saturated heterocycles. The summed E-state index contributed by atoms with van der Waals surface area (Å²) in [7, 11) is 0. The lowest BCUT2D eigenvalue weighted by atomic mass is 9.73. The first-order valence-electron chi connectivity index (χ1n) is 7.75. The van der Waals surface area contributed by atoms with Gasteiger partial charge in [-0.1, -0.05) is 19.8 Å². The average molecular weight is 286 g/mol. The number of urea groups is 1. The van der Waals surface area contributed by atoms with Crippen molar-refractivity contribution in [1.82, 2.24) is 10.6 Å². The van der Waals surface area contributed by atoms with Crippen molar-refractivity contribution in [2.24, 2.45) is 5.41 Å². The summed E-state index contributed by atoms with van der Waals surface area (Å²) in [6.07, 6.45) is 4.75. The van der Waals surface area contributed by atoms with Gasteiger partial charge in [0.1, 0.15) is 0 Å². The highest BCUT2D eigenvalue weighted by atomic mass is 16.5. The van der Waals surface area contributed by atoms with E-state index < -0.39 is 0 Å². The number of aliphatic hydroxyl groups excluding tert-OH is 1. The Bertz CT molecular complexity index is 297. The van der Waals surface area contributed by atoms with Gasteiger partial charge in [0.2, 0.25) is 0 Å². The van der Waals surface area contributed by atoms with Crippen molar-refractivity contribution in [2.45, 2.75) is 65.1 Å². The molecule has 5 nitrogen and oxygen atoms in total. The number of carbonyl (C=O) groups excluding carboxylic acids is 1. The van der Waals surface area contributed by atoms with Crippen LogP contribution in [-0.4, -0.2) is 43.0 Å². The molecule has 0 aromatic rings. The number of rotatable bonds is 7. The lowest BCUT2D eigenvalue weighted by Gasteiger charge is -2.38. The zero-order valence-corrected chi connectivity index (χ0v) is 13.1. The van der Waals surface area contributed by atoms with Gasteiger partial charge in [-0.05, 0) is 33.1 Å². The lowest BCUT2D eigenvalue weighted by molar-refractivity contribution is 0.00308. The Balaban J connectivity index is 2.13. The molecule has 1 aliphatic carbocycles. The Hall–Kier alpha value is -0.810. The lowest BCUT2D eigenvalue weighted by Crippen LogP contribution is -2.47. The third kappa shape index (κ3) is 6.09. The Labute approximate surface area is 122 Å². The highest BCUT2D eigenvalue weighted by molar-refractivity contribution is 5.73. The van der Waals surface area contributed by atoms with E-state index in [-0.39, 0.29) is 23.7 Å². The van der Waals surface area contributed by atoms with Gasteiger partial charge in [-0.2, -0.15) is 0 Å². The molecular weight excluding hydrogens is 256 g/mol. The summed E-state index contributed by atoms with van der Waals surface area (Å²) < 4.78 is 5.40. The number of nitrogens with one attached hydrogen (secondary N) is 2. The fourth-order valence-corrected chi connectivity index (χ4v) is 2.53. The van der Waals surface area contributed by atoms with Gasteiger partial charge in [0.05, 0.1) is 12.2 Å². The predicted octanol–water partition coefficient (Wildman–Crippen LogP) is 2.04.